The molecule has 2 aromatic rings. The molecule has 0 saturated carbocycles. The zero-order valence-corrected chi connectivity index (χ0v) is 10.3. The molecule has 3 rings (SSSR count). The van der Waals surface area contributed by atoms with Crippen molar-refractivity contribution in [1.82, 2.24) is 9.66 Å². The Morgan fingerprint density at radius 2 is 2.11 bits per heavy atom. The Kier molecular flexibility index (Phi) is 2.71. The molecular weight excluding hydrogens is 232 g/mol. The number of morpholine rings is 1. The lowest BCUT2D eigenvalue weighted by atomic mass is 10.3. The van der Waals surface area contributed by atoms with E-state index in [0.717, 1.165) is 43.1 Å². The number of imidazole rings is 1. The van der Waals surface area contributed by atoms with Gasteiger partial charge in [-0.1, -0.05) is 0 Å². The first-order valence-corrected chi connectivity index (χ1v) is 5.94. The van der Waals surface area contributed by atoms with Crippen molar-refractivity contribution in [3.63, 3.8) is 0 Å². The number of methoxy groups -OCH3 is 1. The molecule has 18 heavy (non-hydrogen) atoms. The van der Waals surface area contributed by atoms with E-state index in [1.807, 2.05) is 22.9 Å². The number of aromatic nitrogens is 2. The number of anilines is 1. The molecule has 1 aromatic carbocycles. The van der Waals surface area contributed by atoms with Crippen LogP contribution in [0.5, 0.6) is 5.75 Å². The van der Waals surface area contributed by atoms with Crippen LogP contribution in [0.2, 0.25) is 0 Å². The molecule has 0 spiro atoms. The van der Waals surface area contributed by atoms with Crippen molar-refractivity contribution in [2.45, 2.75) is 0 Å². The lowest BCUT2D eigenvalue weighted by molar-refractivity contribution is 0.112. The quantitative estimate of drug-likeness (QED) is 0.843. The van der Waals surface area contributed by atoms with Crippen LogP contribution in [-0.4, -0.2) is 43.1 Å². The van der Waals surface area contributed by atoms with Crippen LogP contribution in [0.15, 0.2) is 18.2 Å². The maximum absolute atomic E-state index is 6.00. The van der Waals surface area contributed by atoms with Gasteiger partial charge in [0.25, 0.3) is 0 Å². The molecule has 2 N–H and O–H groups in total. The first-order chi connectivity index (χ1) is 8.79. The van der Waals surface area contributed by atoms with Crippen LogP contribution in [-0.2, 0) is 4.74 Å². The van der Waals surface area contributed by atoms with Gasteiger partial charge in [-0.15, -0.1) is 0 Å². The molecule has 1 aliphatic rings. The zero-order chi connectivity index (χ0) is 12.5. The predicted molar refractivity (Wildman–Crippen MR) is 69.5 cm³/mol. The van der Waals surface area contributed by atoms with E-state index < -0.39 is 0 Å². The Hall–Kier alpha value is -1.95. The summed E-state index contributed by atoms with van der Waals surface area (Å²) in [6.07, 6.45) is 0. The molecule has 0 bridgehead atoms. The van der Waals surface area contributed by atoms with Gasteiger partial charge in [0.15, 0.2) is 0 Å². The molecule has 0 aliphatic carbocycles. The monoisotopic (exact) mass is 248 g/mol. The minimum absolute atomic E-state index is 0.500. The summed E-state index contributed by atoms with van der Waals surface area (Å²) < 4.78 is 12.5. The maximum atomic E-state index is 6.00. The van der Waals surface area contributed by atoms with Crippen molar-refractivity contribution in [2.75, 3.05) is 44.2 Å². The van der Waals surface area contributed by atoms with Gasteiger partial charge in [-0.2, -0.15) is 0 Å². The highest BCUT2D eigenvalue weighted by molar-refractivity contribution is 5.80. The lowest BCUT2D eigenvalue weighted by Crippen LogP contribution is -2.44. The largest absolute Gasteiger partial charge is 0.497 e. The first kappa shape index (κ1) is 11.2. The molecule has 6 nitrogen and oxygen atoms in total. The fourth-order valence-corrected chi connectivity index (χ4v) is 2.24. The molecule has 1 fully saturated rings. The number of nitrogen functional groups attached to an aromatic ring is 1. The summed E-state index contributed by atoms with van der Waals surface area (Å²) in [4.78, 5) is 4.38. The number of nitrogens with zero attached hydrogens (tertiary/aromatic N) is 3. The van der Waals surface area contributed by atoms with Crippen molar-refractivity contribution >= 4 is 17.0 Å². The fourth-order valence-electron chi connectivity index (χ4n) is 2.24. The number of rotatable bonds is 2. The minimum atomic E-state index is 0.500. The summed E-state index contributed by atoms with van der Waals surface area (Å²) in [6, 6.07) is 5.79. The summed E-state index contributed by atoms with van der Waals surface area (Å²) >= 11 is 0. The van der Waals surface area contributed by atoms with Crippen LogP contribution in [0.4, 0.5) is 5.95 Å². The lowest BCUT2D eigenvalue weighted by Gasteiger charge is -2.30. The number of hydrogen-bond donors (Lipinski definition) is 1. The molecule has 0 radical (unpaired) electrons. The SMILES string of the molecule is COc1ccc2c(c1)nc(N)n2N1CCOCC1. The van der Waals surface area contributed by atoms with Crippen LogP contribution in [0.3, 0.4) is 0 Å². The normalized spacial score (nSPS) is 16.2. The van der Waals surface area contributed by atoms with Crippen LogP contribution in [0, 0.1) is 0 Å². The second-order valence-electron chi connectivity index (χ2n) is 4.20. The van der Waals surface area contributed by atoms with Crippen LogP contribution >= 0.6 is 0 Å². The van der Waals surface area contributed by atoms with Gasteiger partial charge in [0, 0.05) is 6.07 Å². The van der Waals surface area contributed by atoms with E-state index in [4.69, 9.17) is 15.2 Å². The second-order valence-corrected chi connectivity index (χ2v) is 4.20. The molecule has 0 amide bonds. The smallest absolute Gasteiger partial charge is 0.220 e. The zero-order valence-electron chi connectivity index (χ0n) is 10.3. The Morgan fingerprint density at radius 1 is 1.33 bits per heavy atom. The number of nitrogens with two attached hydrogens (primary N) is 1. The van der Waals surface area contributed by atoms with Gasteiger partial charge in [0.2, 0.25) is 5.95 Å². The van der Waals surface area contributed by atoms with E-state index in [0.29, 0.717) is 5.95 Å². The molecule has 0 atom stereocenters. The molecule has 1 saturated heterocycles. The van der Waals surface area contributed by atoms with Crippen molar-refractivity contribution in [3.05, 3.63) is 18.2 Å². The Morgan fingerprint density at radius 3 is 2.83 bits per heavy atom. The minimum Gasteiger partial charge on any atom is -0.497 e. The van der Waals surface area contributed by atoms with E-state index in [1.165, 1.54) is 0 Å². The Labute approximate surface area is 105 Å². The first-order valence-electron chi connectivity index (χ1n) is 5.94. The van der Waals surface area contributed by atoms with Crippen LogP contribution in [0.1, 0.15) is 0 Å². The summed E-state index contributed by atoms with van der Waals surface area (Å²) in [5.74, 6) is 1.29. The molecular formula is C12H16N4O2. The number of ether oxygens (including phenoxy) is 2. The Bertz CT molecular complexity index is 560. The molecule has 2 heterocycles. The second kappa shape index (κ2) is 4.38. The van der Waals surface area contributed by atoms with Gasteiger partial charge in [-0.3, -0.25) is 0 Å². The van der Waals surface area contributed by atoms with Crippen molar-refractivity contribution in [3.8, 4) is 5.75 Å². The van der Waals surface area contributed by atoms with Crippen LogP contribution in [0.25, 0.3) is 11.0 Å². The van der Waals surface area contributed by atoms with E-state index in [-0.39, 0.29) is 0 Å². The van der Waals surface area contributed by atoms with Crippen molar-refractivity contribution < 1.29 is 9.47 Å². The van der Waals surface area contributed by atoms with Crippen molar-refractivity contribution in [2.24, 2.45) is 0 Å². The summed E-state index contributed by atoms with van der Waals surface area (Å²) in [5, 5.41) is 2.15. The van der Waals surface area contributed by atoms with Gasteiger partial charge in [-0.25, -0.2) is 9.66 Å². The topological polar surface area (TPSA) is 65.5 Å². The molecule has 1 aromatic heterocycles. The van der Waals surface area contributed by atoms with Crippen molar-refractivity contribution in [1.29, 1.82) is 0 Å². The summed E-state index contributed by atoms with van der Waals surface area (Å²) in [5.41, 5.74) is 7.85. The number of fused-ring (bicyclic) bond motifs is 1. The standard InChI is InChI=1S/C12H16N4O2/c1-17-9-2-3-11-10(8-9)14-12(13)16(11)15-4-6-18-7-5-15/h2-3,8H,4-7H2,1H3,(H2,13,14). The third-order valence-corrected chi connectivity index (χ3v) is 3.13. The molecule has 1 aliphatic heterocycles. The molecule has 0 unspecified atom stereocenters. The van der Waals surface area contributed by atoms with E-state index in [9.17, 15) is 0 Å². The van der Waals surface area contributed by atoms with Gasteiger partial charge in [0.1, 0.15) is 5.75 Å². The average molecular weight is 248 g/mol. The summed E-state index contributed by atoms with van der Waals surface area (Å²) in [6.45, 7) is 3.08. The predicted octanol–water partition coefficient (Wildman–Crippen LogP) is 0.595. The van der Waals surface area contributed by atoms with Gasteiger partial charge in [-0.05, 0) is 12.1 Å². The molecule has 6 heteroatoms. The van der Waals surface area contributed by atoms with E-state index in [2.05, 4.69) is 9.99 Å². The fraction of sp³-hybridized carbons (Fsp3) is 0.417. The van der Waals surface area contributed by atoms with Gasteiger partial charge in [0.05, 0.1) is 44.4 Å². The summed E-state index contributed by atoms with van der Waals surface area (Å²) in [7, 11) is 1.64. The highest BCUT2D eigenvalue weighted by atomic mass is 16.5. The van der Waals surface area contributed by atoms with E-state index in [1.54, 1.807) is 7.11 Å². The van der Waals surface area contributed by atoms with E-state index >= 15 is 0 Å². The highest BCUT2D eigenvalue weighted by Gasteiger charge is 2.17. The third-order valence-electron chi connectivity index (χ3n) is 3.13. The number of hydrogen-bond acceptors (Lipinski definition) is 5. The molecule has 96 valence electrons. The van der Waals surface area contributed by atoms with Crippen LogP contribution < -0.4 is 15.5 Å². The van der Waals surface area contributed by atoms with Gasteiger partial charge >= 0.3 is 0 Å². The average Bonchev–Trinajstić information content (AvgIpc) is 2.74. The maximum Gasteiger partial charge on any atom is 0.220 e. The number of benzene rings is 1. The Balaban J connectivity index is 2.07. The highest BCUT2D eigenvalue weighted by Crippen LogP contribution is 2.23. The third kappa shape index (κ3) is 1.74. The van der Waals surface area contributed by atoms with Gasteiger partial charge < -0.3 is 20.2 Å².